The second-order valence-corrected chi connectivity index (χ2v) is 12.1. The molecule has 4 rings (SSSR count). The summed E-state index contributed by atoms with van der Waals surface area (Å²) >= 11 is 0. The number of hydrogen-bond acceptors (Lipinski definition) is 2. The van der Waals surface area contributed by atoms with Crippen LogP contribution in [0.1, 0.15) is 123 Å². The molecule has 2 nitrogen and oxygen atoms in total. The molecule has 230 valence electrons. The van der Waals surface area contributed by atoms with Crippen molar-refractivity contribution in [2.24, 2.45) is 17.3 Å². The van der Waals surface area contributed by atoms with Crippen molar-refractivity contribution in [2.45, 2.75) is 126 Å². The molecule has 0 heterocycles. The maximum absolute atomic E-state index is 8.81. The van der Waals surface area contributed by atoms with Gasteiger partial charge in [-0.3, -0.25) is 0 Å². The van der Waals surface area contributed by atoms with E-state index in [2.05, 4.69) is 102 Å². The molecule has 0 aromatic heterocycles. The third-order valence-electron chi connectivity index (χ3n) is 7.70. The number of aryl methyl sites for hydroxylation is 2. The Kier molecular flexibility index (Phi) is 19.8. The number of allylic oxidation sites excluding steroid dienone is 2. The van der Waals surface area contributed by atoms with Crippen LogP contribution >= 0.6 is 0 Å². The first-order valence-corrected chi connectivity index (χ1v) is 16.2. The van der Waals surface area contributed by atoms with Gasteiger partial charge >= 0.3 is 0 Å². The van der Waals surface area contributed by atoms with E-state index >= 15 is 0 Å². The minimum atomic E-state index is 0.306. The van der Waals surface area contributed by atoms with Gasteiger partial charge in [0.2, 0.25) is 0 Å². The molecule has 2 aliphatic carbocycles. The van der Waals surface area contributed by atoms with Crippen LogP contribution in [0.5, 0.6) is 0 Å². The SMILES string of the molecule is C=C(NC1CCc2cc(C)ccc2C1Cc1ccccc1)C1CCC(C)CC1.C=CC(C)(C)C.CC.CC.CC=O. The molecular formula is C39H63NO. The molecule has 41 heavy (non-hydrogen) atoms. The van der Waals surface area contributed by atoms with Crippen molar-refractivity contribution in [3.05, 3.63) is 95.7 Å². The summed E-state index contributed by atoms with van der Waals surface area (Å²) in [6.07, 6.45) is 11.5. The number of carbonyl (C=O) groups excluding carboxylic acids is 1. The normalized spacial score (nSPS) is 20.7. The lowest BCUT2D eigenvalue weighted by Gasteiger charge is -2.38. The lowest BCUT2D eigenvalue weighted by Crippen LogP contribution is -2.40. The molecule has 2 aliphatic rings. The first kappa shape index (κ1) is 38.4. The highest BCUT2D eigenvalue weighted by atomic mass is 16.1. The molecule has 0 bridgehead atoms. The maximum atomic E-state index is 8.81. The van der Waals surface area contributed by atoms with Gasteiger partial charge in [-0.2, -0.15) is 0 Å². The van der Waals surface area contributed by atoms with Gasteiger partial charge in [0.15, 0.2) is 0 Å². The smallest absolute Gasteiger partial charge is 0.116 e. The molecule has 2 aromatic carbocycles. The predicted molar refractivity (Wildman–Crippen MR) is 184 cm³/mol. The van der Waals surface area contributed by atoms with E-state index in [1.165, 1.54) is 62.3 Å². The standard InChI is InChI=1S/C27H35N.C6H12.C2H4O.2C2H6/c1-19-9-12-23(13-10-19)21(3)28-27-16-14-24-17-20(2)11-15-25(24)26(27)18-22-7-5-4-6-8-22;1-5-6(2,3)4;1-2-3;2*1-2/h4-8,11,15,17,19,23,26-28H,3,9-10,12-14,16,18H2,1-2H3;5H,1H2,2-4H3;2H,1H3;2*1-2H3. The van der Waals surface area contributed by atoms with E-state index < -0.39 is 0 Å². The van der Waals surface area contributed by atoms with Crippen molar-refractivity contribution in [3.63, 3.8) is 0 Å². The van der Waals surface area contributed by atoms with Crippen LogP contribution in [0.15, 0.2) is 73.5 Å². The average Bonchev–Trinajstić information content (AvgIpc) is 2.97. The first-order valence-electron chi connectivity index (χ1n) is 16.2. The quantitative estimate of drug-likeness (QED) is 0.290. The topological polar surface area (TPSA) is 29.1 Å². The number of benzene rings is 2. The summed E-state index contributed by atoms with van der Waals surface area (Å²) in [6, 6.07) is 18.6. The van der Waals surface area contributed by atoms with Crippen molar-refractivity contribution in [1.29, 1.82) is 0 Å². The molecule has 1 saturated carbocycles. The monoisotopic (exact) mass is 561 g/mol. The van der Waals surface area contributed by atoms with E-state index in [1.807, 2.05) is 33.8 Å². The van der Waals surface area contributed by atoms with E-state index in [1.54, 1.807) is 11.1 Å². The Bertz CT molecular complexity index is 976. The van der Waals surface area contributed by atoms with Gasteiger partial charge < -0.3 is 10.1 Å². The molecule has 1 N–H and O–H groups in total. The zero-order valence-electron chi connectivity index (χ0n) is 28.4. The molecule has 2 unspecified atom stereocenters. The second kappa shape index (κ2) is 21.1. The molecule has 2 heteroatoms. The van der Waals surface area contributed by atoms with Gasteiger partial charge in [0, 0.05) is 17.7 Å². The lowest BCUT2D eigenvalue weighted by atomic mass is 9.75. The Morgan fingerprint density at radius 2 is 1.49 bits per heavy atom. The van der Waals surface area contributed by atoms with Crippen LogP contribution in [0, 0.1) is 24.2 Å². The number of nitrogens with one attached hydrogen (secondary N) is 1. The Labute approximate surface area is 255 Å². The fraction of sp³-hybridized carbons (Fsp3) is 0.564. The third-order valence-corrected chi connectivity index (χ3v) is 7.70. The van der Waals surface area contributed by atoms with Crippen molar-refractivity contribution < 1.29 is 4.79 Å². The van der Waals surface area contributed by atoms with Crippen LogP contribution in [-0.4, -0.2) is 12.3 Å². The minimum absolute atomic E-state index is 0.306. The van der Waals surface area contributed by atoms with Gasteiger partial charge in [0.25, 0.3) is 0 Å². The van der Waals surface area contributed by atoms with Gasteiger partial charge in [-0.25, -0.2) is 0 Å². The highest BCUT2D eigenvalue weighted by molar-refractivity contribution is 5.44. The van der Waals surface area contributed by atoms with Crippen molar-refractivity contribution in [1.82, 2.24) is 5.32 Å². The highest BCUT2D eigenvalue weighted by Gasteiger charge is 2.31. The lowest BCUT2D eigenvalue weighted by molar-refractivity contribution is -0.106. The Balaban J connectivity index is 0.00000105. The Morgan fingerprint density at radius 1 is 0.951 bits per heavy atom. The molecule has 2 aromatic rings. The molecule has 0 radical (unpaired) electrons. The van der Waals surface area contributed by atoms with Gasteiger partial charge in [-0.05, 0) is 79.9 Å². The summed E-state index contributed by atoms with van der Waals surface area (Å²) in [7, 11) is 0. The molecular weight excluding hydrogens is 498 g/mol. The fourth-order valence-corrected chi connectivity index (χ4v) is 5.30. The second-order valence-electron chi connectivity index (χ2n) is 12.1. The van der Waals surface area contributed by atoms with Crippen LogP contribution < -0.4 is 5.32 Å². The van der Waals surface area contributed by atoms with Crippen LogP contribution in [-0.2, 0) is 17.6 Å². The maximum Gasteiger partial charge on any atom is 0.116 e. The molecule has 0 amide bonds. The van der Waals surface area contributed by atoms with E-state index in [0.29, 0.717) is 23.3 Å². The number of aldehydes is 1. The highest BCUT2D eigenvalue weighted by Crippen LogP contribution is 2.37. The van der Waals surface area contributed by atoms with E-state index in [4.69, 9.17) is 4.79 Å². The van der Waals surface area contributed by atoms with E-state index in [0.717, 1.165) is 18.6 Å². The van der Waals surface area contributed by atoms with Gasteiger partial charge in [0.1, 0.15) is 6.29 Å². The van der Waals surface area contributed by atoms with Gasteiger partial charge in [0.05, 0.1) is 0 Å². The van der Waals surface area contributed by atoms with Crippen LogP contribution in [0.2, 0.25) is 0 Å². The predicted octanol–water partition coefficient (Wildman–Crippen LogP) is 11.0. The summed E-state index contributed by atoms with van der Waals surface area (Å²) in [5.41, 5.74) is 7.51. The number of rotatable bonds is 5. The summed E-state index contributed by atoms with van der Waals surface area (Å²) in [4.78, 5) is 8.81. The summed E-state index contributed by atoms with van der Waals surface area (Å²) < 4.78 is 0. The van der Waals surface area contributed by atoms with E-state index in [9.17, 15) is 0 Å². The minimum Gasteiger partial charge on any atom is -0.385 e. The number of hydrogen-bond donors (Lipinski definition) is 1. The summed E-state index contributed by atoms with van der Waals surface area (Å²) in [5.74, 6) is 2.07. The fourth-order valence-electron chi connectivity index (χ4n) is 5.30. The molecule has 0 saturated heterocycles. The average molecular weight is 562 g/mol. The zero-order valence-corrected chi connectivity index (χ0v) is 28.4. The summed E-state index contributed by atoms with van der Waals surface area (Å²) in [6.45, 7) is 28.6. The third kappa shape index (κ3) is 14.7. The van der Waals surface area contributed by atoms with Crippen LogP contribution in [0.4, 0.5) is 0 Å². The summed E-state index contributed by atoms with van der Waals surface area (Å²) in [5, 5.41) is 3.93. The molecule has 2 atom stereocenters. The Morgan fingerprint density at radius 3 is 2.00 bits per heavy atom. The largest absolute Gasteiger partial charge is 0.385 e. The molecule has 1 fully saturated rings. The molecule has 0 aliphatic heterocycles. The van der Waals surface area contributed by atoms with E-state index in [-0.39, 0.29) is 0 Å². The van der Waals surface area contributed by atoms with Crippen LogP contribution in [0.25, 0.3) is 0 Å². The van der Waals surface area contributed by atoms with Crippen molar-refractivity contribution in [2.75, 3.05) is 0 Å². The number of carbonyl (C=O) groups is 1. The van der Waals surface area contributed by atoms with Crippen molar-refractivity contribution >= 4 is 6.29 Å². The van der Waals surface area contributed by atoms with Crippen LogP contribution in [0.3, 0.4) is 0 Å². The van der Waals surface area contributed by atoms with Crippen molar-refractivity contribution in [3.8, 4) is 0 Å². The first-order chi connectivity index (χ1) is 19.6. The Hall–Kier alpha value is -2.61. The molecule has 0 spiro atoms. The van der Waals surface area contributed by atoms with Gasteiger partial charge in [-0.1, -0.05) is 135 Å². The van der Waals surface area contributed by atoms with Gasteiger partial charge in [-0.15, -0.1) is 6.58 Å². The zero-order chi connectivity index (χ0) is 31.4. The number of fused-ring (bicyclic) bond motifs is 1.